The first kappa shape index (κ1) is 27.0. The molecule has 0 aliphatic heterocycles. The second-order valence-electron chi connectivity index (χ2n) is 9.06. The van der Waals surface area contributed by atoms with Crippen LogP contribution >= 0.6 is 0 Å². The van der Waals surface area contributed by atoms with E-state index in [0.29, 0.717) is 28.7 Å². The molecule has 0 spiro atoms. The summed E-state index contributed by atoms with van der Waals surface area (Å²) in [5, 5.41) is 2.70. The number of rotatable bonds is 10. The third kappa shape index (κ3) is 8.28. The molecule has 1 atom stereocenters. The van der Waals surface area contributed by atoms with E-state index in [0.717, 1.165) is 25.3 Å². The maximum absolute atomic E-state index is 14.9. The Labute approximate surface area is 200 Å². The van der Waals surface area contributed by atoms with Crippen LogP contribution in [0.25, 0.3) is 11.1 Å². The van der Waals surface area contributed by atoms with Crippen LogP contribution in [0.2, 0.25) is 0 Å². The Morgan fingerprint density at radius 2 is 1.88 bits per heavy atom. The molecule has 0 heterocycles. The van der Waals surface area contributed by atoms with Gasteiger partial charge in [-0.05, 0) is 75.3 Å². The topological polar surface area (TPSA) is 64.6 Å². The van der Waals surface area contributed by atoms with Gasteiger partial charge in [0.25, 0.3) is 0 Å². The fraction of sp³-hybridized carbons (Fsp3) is 0.407. The fourth-order valence-corrected chi connectivity index (χ4v) is 3.61. The Hall–Kier alpha value is -3.22. The number of amides is 1. The van der Waals surface area contributed by atoms with Crippen molar-refractivity contribution in [2.45, 2.75) is 64.5 Å². The molecule has 0 fully saturated rings. The van der Waals surface area contributed by atoms with E-state index in [4.69, 9.17) is 9.47 Å². The van der Waals surface area contributed by atoms with Crippen molar-refractivity contribution >= 4 is 12.1 Å². The molecule has 1 N–H and O–H groups in total. The minimum absolute atomic E-state index is 0.139. The largest absolute Gasteiger partial charge is 0.469 e. The van der Waals surface area contributed by atoms with Crippen molar-refractivity contribution in [3.05, 3.63) is 71.8 Å². The summed E-state index contributed by atoms with van der Waals surface area (Å²) in [6, 6.07) is 8.28. The van der Waals surface area contributed by atoms with Gasteiger partial charge in [0, 0.05) is 11.6 Å². The van der Waals surface area contributed by atoms with Crippen molar-refractivity contribution in [2.24, 2.45) is 0 Å². The van der Waals surface area contributed by atoms with Crippen molar-refractivity contribution in [3.8, 4) is 11.1 Å². The van der Waals surface area contributed by atoms with Crippen molar-refractivity contribution in [3.63, 3.8) is 0 Å². The number of aryl methyl sites for hydroxylation is 1. The van der Waals surface area contributed by atoms with E-state index in [1.54, 1.807) is 45.0 Å². The van der Waals surface area contributed by atoms with E-state index >= 15 is 0 Å². The molecule has 0 saturated carbocycles. The molecular formula is C27H33F2NO4. The van der Waals surface area contributed by atoms with Crippen LogP contribution in [0.4, 0.5) is 13.6 Å². The van der Waals surface area contributed by atoms with Gasteiger partial charge in [0.1, 0.15) is 17.2 Å². The molecule has 2 aromatic rings. The molecule has 184 valence electrons. The maximum Gasteiger partial charge on any atom is 0.408 e. The van der Waals surface area contributed by atoms with Gasteiger partial charge in [0.15, 0.2) is 0 Å². The minimum atomic E-state index is -0.762. The normalized spacial score (nSPS) is 12.1. The highest BCUT2D eigenvalue weighted by molar-refractivity contribution is 5.74. The number of benzene rings is 2. The van der Waals surface area contributed by atoms with Crippen molar-refractivity contribution in [2.75, 3.05) is 7.11 Å². The predicted molar refractivity (Wildman–Crippen MR) is 128 cm³/mol. The number of alkyl carbamates (subject to hydrolysis) is 1. The van der Waals surface area contributed by atoms with Crippen LogP contribution in [0, 0.1) is 11.6 Å². The maximum atomic E-state index is 14.9. The summed E-state index contributed by atoms with van der Waals surface area (Å²) < 4.78 is 39.0. The number of halogens is 2. The van der Waals surface area contributed by atoms with Gasteiger partial charge in [0.05, 0.1) is 19.6 Å². The summed E-state index contributed by atoms with van der Waals surface area (Å²) in [7, 11) is 1.26. The third-order valence-corrected chi connectivity index (χ3v) is 5.11. The lowest BCUT2D eigenvalue weighted by atomic mass is 9.92. The standard InChI is InChI=1S/C27H33F2NO4/c1-6-7-8-9-11-20-15-21(28)16-22(29)25(20)19-13-10-12-18(14-19)23(17-24(31)33-5)30-26(32)34-27(2,3)4/h6,10,12-16,23H,1,7-9,11,17H2,2-5H3,(H,30,32)/t23-/m0/s1. The molecule has 5 nitrogen and oxygen atoms in total. The van der Waals surface area contributed by atoms with E-state index < -0.39 is 35.3 Å². The summed E-state index contributed by atoms with van der Waals surface area (Å²) in [5.41, 5.74) is 1.23. The number of hydrogen-bond donors (Lipinski definition) is 1. The summed E-state index contributed by atoms with van der Waals surface area (Å²) >= 11 is 0. The molecule has 0 aromatic heterocycles. The van der Waals surface area contributed by atoms with Crippen LogP contribution in [-0.2, 0) is 20.7 Å². The van der Waals surface area contributed by atoms with Crippen molar-refractivity contribution in [1.29, 1.82) is 0 Å². The molecule has 0 aliphatic rings. The predicted octanol–water partition coefficient (Wildman–Crippen LogP) is 6.66. The van der Waals surface area contributed by atoms with Gasteiger partial charge in [-0.25, -0.2) is 13.6 Å². The number of allylic oxidation sites excluding steroid dienone is 1. The number of hydrogen-bond acceptors (Lipinski definition) is 4. The van der Waals surface area contributed by atoms with Gasteiger partial charge in [-0.3, -0.25) is 4.79 Å². The number of nitrogens with one attached hydrogen (secondary N) is 1. The summed E-state index contributed by atoms with van der Waals surface area (Å²) in [4.78, 5) is 24.4. The molecule has 1 amide bonds. The first-order chi connectivity index (χ1) is 16.0. The SMILES string of the molecule is C=CCCCCc1cc(F)cc(F)c1-c1cccc([C@H](CC(=O)OC)NC(=O)OC(C)(C)C)c1. The molecule has 0 radical (unpaired) electrons. The van der Waals surface area contributed by atoms with E-state index in [9.17, 15) is 18.4 Å². The summed E-state index contributed by atoms with van der Waals surface area (Å²) in [6.07, 6.45) is 3.94. The van der Waals surface area contributed by atoms with Gasteiger partial charge in [-0.1, -0.05) is 24.3 Å². The number of methoxy groups -OCH3 is 1. The lowest BCUT2D eigenvalue weighted by Gasteiger charge is -2.24. The Morgan fingerprint density at radius 1 is 1.15 bits per heavy atom. The Morgan fingerprint density at radius 3 is 2.53 bits per heavy atom. The Bertz CT molecular complexity index is 1010. The van der Waals surface area contributed by atoms with Crippen LogP contribution < -0.4 is 5.32 Å². The zero-order chi connectivity index (χ0) is 25.3. The quantitative estimate of drug-likeness (QED) is 0.238. The molecule has 0 aliphatic carbocycles. The number of esters is 1. The van der Waals surface area contributed by atoms with Gasteiger partial charge < -0.3 is 14.8 Å². The van der Waals surface area contributed by atoms with Gasteiger partial charge in [-0.15, -0.1) is 6.58 Å². The monoisotopic (exact) mass is 473 g/mol. The molecule has 2 aromatic carbocycles. The average Bonchev–Trinajstić information content (AvgIpc) is 2.74. The van der Waals surface area contributed by atoms with E-state index in [2.05, 4.69) is 11.9 Å². The van der Waals surface area contributed by atoms with E-state index in [1.165, 1.54) is 13.2 Å². The second-order valence-corrected chi connectivity index (χ2v) is 9.06. The molecule has 0 unspecified atom stereocenters. The highest BCUT2D eigenvalue weighted by Crippen LogP contribution is 2.32. The first-order valence-electron chi connectivity index (χ1n) is 11.3. The van der Waals surface area contributed by atoms with Crippen LogP contribution in [0.3, 0.4) is 0 Å². The third-order valence-electron chi connectivity index (χ3n) is 5.11. The van der Waals surface area contributed by atoms with Crippen LogP contribution in [-0.4, -0.2) is 24.8 Å². The Kier molecular flexibility index (Phi) is 9.78. The summed E-state index contributed by atoms with van der Waals surface area (Å²) in [5.74, 6) is -1.82. The average molecular weight is 474 g/mol. The molecular weight excluding hydrogens is 440 g/mol. The lowest BCUT2D eigenvalue weighted by Crippen LogP contribution is -2.36. The number of ether oxygens (including phenoxy) is 2. The van der Waals surface area contributed by atoms with Crippen molar-refractivity contribution in [1.82, 2.24) is 5.32 Å². The van der Waals surface area contributed by atoms with E-state index in [1.807, 2.05) is 6.08 Å². The minimum Gasteiger partial charge on any atom is -0.469 e. The van der Waals surface area contributed by atoms with Gasteiger partial charge in [0.2, 0.25) is 0 Å². The lowest BCUT2D eigenvalue weighted by molar-refractivity contribution is -0.141. The van der Waals surface area contributed by atoms with Crippen LogP contribution in [0.1, 0.15) is 63.6 Å². The molecule has 7 heteroatoms. The zero-order valence-corrected chi connectivity index (χ0v) is 20.3. The molecule has 34 heavy (non-hydrogen) atoms. The molecule has 2 rings (SSSR count). The number of unbranched alkanes of at least 4 members (excludes halogenated alkanes) is 2. The zero-order valence-electron chi connectivity index (χ0n) is 20.3. The second kappa shape index (κ2) is 12.3. The number of carbonyl (C=O) groups excluding carboxylic acids is 2. The van der Waals surface area contributed by atoms with Gasteiger partial charge in [-0.2, -0.15) is 0 Å². The highest BCUT2D eigenvalue weighted by Gasteiger charge is 2.24. The van der Waals surface area contributed by atoms with Crippen molar-refractivity contribution < 1.29 is 27.8 Å². The number of carbonyl (C=O) groups is 2. The first-order valence-corrected chi connectivity index (χ1v) is 11.3. The van der Waals surface area contributed by atoms with Gasteiger partial charge >= 0.3 is 12.1 Å². The van der Waals surface area contributed by atoms with E-state index in [-0.39, 0.29) is 6.42 Å². The highest BCUT2D eigenvalue weighted by atomic mass is 19.1. The molecule has 0 saturated heterocycles. The van der Waals surface area contributed by atoms with Crippen LogP contribution in [0.15, 0.2) is 49.1 Å². The Balaban J connectivity index is 2.42. The fourth-order valence-electron chi connectivity index (χ4n) is 3.61. The van der Waals surface area contributed by atoms with Crippen LogP contribution in [0.5, 0.6) is 0 Å². The summed E-state index contributed by atoms with van der Waals surface area (Å²) in [6.45, 7) is 8.90. The smallest absolute Gasteiger partial charge is 0.408 e. The molecule has 0 bridgehead atoms.